The maximum atomic E-state index is 3.90. The maximum Gasteiger partial charge on any atom is -0.0325 e. The fourth-order valence-corrected chi connectivity index (χ4v) is 2.09. The van der Waals surface area contributed by atoms with Crippen LogP contribution in [0.1, 0.15) is 71.6 Å². The fourth-order valence-electron chi connectivity index (χ4n) is 2.09. The summed E-state index contributed by atoms with van der Waals surface area (Å²) in [4.78, 5) is 0. The maximum absolute atomic E-state index is 3.90. The Kier molecular flexibility index (Phi) is 12.0. The Morgan fingerprint density at radius 1 is 0.765 bits per heavy atom. The first-order valence-corrected chi connectivity index (χ1v) is 7.44. The average Bonchev–Trinajstić information content (AvgIpc) is 2.31. The number of hydrogen-bond acceptors (Lipinski definition) is 0. The van der Waals surface area contributed by atoms with Gasteiger partial charge < -0.3 is 0 Å². The van der Waals surface area contributed by atoms with Crippen LogP contribution in [0.4, 0.5) is 0 Å². The van der Waals surface area contributed by atoms with Gasteiger partial charge in [-0.25, -0.2) is 0 Å². The highest BCUT2D eigenvalue weighted by atomic mass is 14.1. The molecule has 0 fully saturated rings. The molecule has 0 spiro atoms. The summed E-state index contributed by atoms with van der Waals surface area (Å²) < 4.78 is 0. The number of rotatable bonds is 11. The SMILES string of the molecule is [CH2]CCCCCC(C)C/C=C/CC(C)CC[CH2]. The van der Waals surface area contributed by atoms with Gasteiger partial charge in [-0.05, 0) is 24.7 Å². The van der Waals surface area contributed by atoms with Crippen molar-refractivity contribution < 1.29 is 0 Å². The van der Waals surface area contributed by atoms with Crippen LogP contribution in [0.3, 0.4) is 0 Å². The van der Waals surface area contributed by atoms with Crippen molar-refractivity contribution >= 4 is 0 Å². The highest BCUT2D eigenvalue weighted by molar-refractivity contribution is 4.84. The third kappa shape index (κ3) is 12.0. The Morgan fingerprint density at radius 3 is 1.88 bits per heavy atom. The lowest BCUT2D eigenvalue weighted by atomic mass is 9.98. The summed E-state index contributed by atoms with van der Waals surface area (Å²) in [6.45, 7) is 12.5. The molecule has 0 amide bonds. The molecule has 0 aromatic heterocycles. The van der Waals surface area contributed by atoms with E-state index in [1.807, 2.05) is 0 Å². The third-order valence-electron chi connectivity index (χ3n) is 3.39. The second-order valence-electron chi connectivity index (χ2n) is 5.50. The van der Waals surface area contributed by atoms with E-state index in [4.69, 9.17) is 0 Å². The summed E-state index contributed by atoms with van der Waals surface area (Å²) in [5.41, 5.74) is 0. The van der Waals surface area contributed by atoms with Gasteiger partial charge in [0.2, 0.25) is 0 Å². The molecular weight excluding hydrogens is 204 g/mol. The van der Waals surface area contributed by atoms with Crippen molar-refractivity contribution in [2.45, 2.75) is 71.6 Å². The van der Waals surface area contributed by atoms with E-state index >= 15 is 0 Å². The largest absolute Gasteiger partial charge is 0.0883 e. The first-order chi connectivity index (χ1) is 8.20. The zero-order valence-corrected chi connectivity index (χ0v) is 12.1. The molecule has 0 saturated carbocycles. The van der Waals surface area contributed by atoms with E-state index in [2.05, 4.69) is 39.8 Å². The van der Waals surface area contributed by atoms with Crippen molar-refractivity contribution in [3.63, 3.8) is 0 Å². The first-order valence-electron chi connectivity index (χ1n) is 7.44. The minimum atomic E-state index is 0.802. The van der Waals surface area contributed by atoms with Crippen LogP contribution in [0.15, 0.2) is 12.2 Å². The van der Waals surface area contributed by atoms with Crippen molar-refractivity contribution in [1.82, 2.24) is 0 Å². The van der Waals surface area contributed by atoms with E-state index in [1.165, 1.54) is 44.9 Å². The van der Waals surface area contributed by atoms with E-state index < -0.39 is 0 Å². The Bertz CT molecular complexity index is 169. The van der Waals surface area contributed by atoms with Gasteiger partial charge in [-0.2, -0.15) is 0 Å². The zero-order valence-electron chi connectivity index (χ0n) is 12.1. The van der Waals surface area contributed by atoms with Gasteiger partial charge in [0, 0.05) is 0 Å². The lowest BCUT2D eigenvalue weighted by molar-refractivity contribution is 0.494. The lowest BCUT2D eigenvalue weighted by Gasteiger charge is -2.09. The molecule has 17 heavy (non-hydrogen) atoms. The molecule has 0 rings (SSSR count). The minimum absolute atomic E-state index is 0.802. The van der Waals surface area contributed by atoms with Gasteiger partial charge in [-0.1, -0.05) is 84.8 Å². The van der Waals surface area contributed by atoms with E-state index in [9.17, 15) is 0 Å². The molecule has 0 N–H and O–H groups in total. The summed E-state index contributed by atoms with van der Waals surface area (Å²) in [6, 6.07) is 0. The van der Waals surface area contributed by atoms with Crippen molar-refractivity contribution in [2.24, 2.45) is 11.8 Å². The Morgan fingerprint density at radius 2 is 1.35 bits per heavy atom. The van der Waals surface area contributed by atoms with Gasteiger partial charge in [-0.15, -0.1) is 0 Å². The van der Waals surface area contributed by atoms with Crippen LogP contribution in [0, 0.1) is 25.7 Å². The van der Waals surface area contributed by atoms with Gasteiger partial charge in [0.15, 0.2) is 0 Å². The minimum Gasteiger partial charge on any atom is -0.0883 e. The van der Waals surface area contributed by atoms with Gasteiger partial charge in [0.25, 0.3) is 0 Å². The number of hydrogen-bond donors (Lipinski definition) is 0. The highest BCUT2D eigenvalue weighted by Crippen LogP contribution is 2.15. The molecule has 0 heteroatoms. The quantitative estimate of drug-likeness (QED) is 0.305. The summed E-state index contributed by atoms with van der Waals surface area (Å²) in [6.07, 6.45) is 16.1. The summed E-state index contributed by atoms with van der Waals surface area (Å²) in [5.74, 6) is 1.65. The van der Waals surface area contributed by atoms with Crippen LogP contribution < -0.4 is 0 Å². The van der Waals surface area contributed by atoms with Crippen molar-refractivity contribution in [2.75, 3.05) is 0 Å². The van der Waals surface area contributed by atoms with Crippen LogP contribution in [-0.2, 0) is 0 Å². The summed E-state index contributed by atoms with van der Waals surface area (Å²) in [7, 11) is 0. The Hall–Kier alpha value is -0.260. The second kappa shape index (κ2) is 12.2. The molecule has 0 bridgehead atoms. The van der Waals surface area contributed by atoms with E-state index in [1.54, 1.807) is 0 Å². The number of allylic oxidation sites excluding steroid dienone is 2. The van der Waals surface area contributed by atoms with Gasteiger partial charge in [0.1, 0.15) is 0 Å². The molecule has 0 saturated heterocycles. The normalized spacial score (nSPS) is 15.3. The lowest BCUT2D eigenvalue weighted by Crippen LogP contribution is -1.94. The predicted octanol–water partition coefficient (Wildman–Crippen LogP) is 5.99. The van der Waals surface area contributed by atoms with Crippen LogP contribution in [-0.4, -0.2) is 0 Å². The average molecular weight is 236 g/mol. The Balaban J connectivity index is 3.42. The van der Waals surface area contributed by atoms with E-state index in [0.29, 0.717) is 0 Å². The Labute approximate surface area is 110 Å². The van der Waals surface area contributed by atoms with Crippen LogP contribution in [0.25, 0.3) is 0 Å². The van der Waals surface area contributed by atoms with Crippen LogP contribution >= 0.6 is 0 Å². The number of unbranched alkanes of at least 4 members (excludes halogenated alkanes) is 3. The molecule has 2 unspecified atom stereocenters. The molecule has 2 atom stereocenters. The molecule has 0 aromatic carbocycles. The smallest absolute Gasteiger partial charge is 0.0325 e. The van der Waals surface area contributed by atoms with Crippen LogP contribution in [0.2, 0.25) is 0 Å². The molecule has 0 nitrogen and oxygen atoms in total. The topological polar surface area (TPSA) is 0 Å². The standard InChI is InChI=1S/C17H32/c1-5-7-8-9-13-17(4)15-11-10-14-16(3)12-6-2/h10-11,16-17H,1-2,5-9,12-15H2,3-4H3/b11-10+. The molecular formula is C17H32. The second-order valence-corrected chi connectivity index (χ2v) is 5.50. The van der Waals surface area contributed by atoms with Gasteiger partial charge >= 0.3 is 0 Å². The summed E-state index contributed by atoms with van der Waals surface area (Å²) in [5, 5.41) is 0. The monoisotopic (exact) mass is 236 g/mol. The predicted molar refractivity (Wildman–Crippen MR) is 79.7 cm³/mol. The molecule has 100 valence electrons. The van der Waals surface area contributed by atoms with Crippen molar-refractivity contribution in [3.05, 3.63) is 26.0 Å². The molecule has 0 heterocycles. The van der Waals surface area contributed by atoms with Crippen molar-refractivity contribution in [3.8, 4) is 0 Å². The highest BCUT2D eigenvalue weighted by Gasteiger charge is 2.00. The van der Waals surface area contributed by atoms with Gasteiger partial charge in [0.05, 0.1) is 0 Å². The van der Waals surface area contributed by atoms with Gasteiger partial charge in [-0.3, -0.25) is 0 Å². The third-order valence-corrected chi connectivity index (χ3v) is 3.39. The molecule has 0 aliphatic carbocycles. The van der Waals surface area contributed by atoms with Crippen molar-refractivity contribution in [1.29, 1.82) is 0 Å². The zero-order chi connectivity index (χ0) is 12.9. The molecule has 2 radical (unpaired) electrons. The fraction of sp³-hybridized carbons (Fsp3) is 0.765. The molecule has 0 aromatic rings. The summed E-state index contributed by atoms with van der Waals surface area (Å²) >= 11 is 0. The van der Waals surface area contributed by atoms with Crippen LogP contribution in [0.5, 0.6) is 0 Å². The first kappa shape index (κ1) is 16.7. The van der Waals surface area contributed by atoms with E-state index in [-0.39, 0.29) is 0 Å². The van der Waals surface area contributed by atoms with E-state index in [0.717, 1.165) is 24.7 Å². The molecule has 0 aliphatic rings. The molecule has 0 aliphatic heterocycles.